The molecule has 1 amide bonds. The van der Waals surface area contributed by atoms with Gasteiger partial charge in [0.25, 0.3) is 0 Å². The Bertz CT molecular complexity index is 336. The molecule has 1 fully saturated rings. The lowest BCUT2D eigenvalue weighted by molar-refractivity contribution is -0.142. The molecule has 19 heavy (non-hydrogen) atoms. The maximum atomic E-state index is 11.9. The van der Waals surface area contributed by atoms with Crippen LogP contribution in [-0.4, -0.2) is 54.0 Å². The fourth-order valence-corrected chi connectivity index (χ4v) is 2.12. The summed E-state index contributed by atoms with van der Waals surface area (Å²) in [5.74, 6) is -0.424. The summed E-state index contributed by atoms with van der Waals surface area (Å²) in [6.45, 7) is 6.01. The molecule has 1 heterocycles. The minimum atomic E-state index is -0.629. The van der Waals surface area contributed by atoms with Crippen molar-refractivity contribution in [3.8, 4) is 0 Å². The van der Waals surface area contributed by atoms with Gasteiger partial charge in [-0.25, -0.2) is 4.79 Å². The molecule has 2 atom stereocenters. The summed E-state index contributed by atoms with van der Waals surface area (Å²) in [4.78, 5) is 24.6. The number of piperidine rings is 1. The molecule has 0 aromatic carbocycles. The third-order valence-corrected chi connectivity index (χ3v) is 2.85. The maximum Gasteiger partial charge on any atom is 0.410 e. The third-order valence-electron chi connectivity index (χ3n) is 2.85. The molecule has 0 saturated carbocycles. The van der Waals surface area contributed by atoms with Gasteiger partial charge in [0.1, 0.15) is 5.60 Å². The first-order valence-corrected chi connectivity index (χ1v) is 6.44. The van der Waals surface area contributed by atoms with Gasteiger partial charge < -0.3 is 19.5 Å². The Labute approximate surface area is 113 Å². The molecule has 0 aliphatic carbocycles. The van der Waals surface area contributed by atoms with Crippen molar-refractivity contribution >= 4 is 12.1 Å². The zero-order chi connectivity index (χ0) is 14.6. The van der Waals surface area contributed by atoms with E-state index in [-0.39, 0.29) is 24.9 Å². The topological polar surface area (TPSA) is 76.1 Å². The Balaban J connectivity index is 2.59. The Morgan fingerprint density at radius 2 is 1.95 bits per heavy atom. The van der Waals surface area contributed by atoms with Gasteiger partial charge in [-0.2, -0.15) is 0 Å². The summed E-state index contributed by atoms with van der Waals surface area (Å²) < 4.78 is 9.87. The van der Waals surface area contributed by atoms with Crippen LogP contribution in [0.25, 0.3) is 0 Å². The SMILES string of the molecule is COC(=O)CC1CC(O)CN(C(=O)OC(C)(C)C)C1. The van der Waals surface area contributed by atoms with Crippen molar-refractivity contribution in [3.05, 3.63) is 0 Å². The van der Waals surface area contributed by atoms with Gasteiger partial charge >= 0.3 is 12.1 Å². The van der Waals surface area contributed by atoms with Crippen LogP contribution in [0.4, 0.5) is 4.79 Å². The van der Waals surface area contributed by atoms with Crippen molar-refractivity contribution in [2.75, 3.05) is 20.2 Å². The Kier molecular flexibility index (Phi) is 5.17. The lowest BCUT2D eigenvalue weighted by Gasteiger charge is -2.36. The van der Waals surface area contributed by atoms with Crippen molar-refractivity contribution in [1.29, 1.82) is 0 Å². The van der Waals surface area contributed by atoms with Crippen LogP contribution in [0.1, 0.15) is 33.6 Å². The number of methoxy groups -OCH3 is 1. The highest BCUT2D eigenvalue weighted by molar-refractivity contribution is 5.70. The molecule has 2 unspecified atom stereocenters. The number of esters is 1. The first-order chi connectivity index (χ1) is 8.71. The van der Waals surface area contributed by atoms with Gasteiger partial charge in [-0.3, -0.25) is 4.79 Å². The average Bonchev–Trinajstić information content (AvgIpc) is 2.25. The maximum absolute atomic E-state index is 11.9. The number of hydrogen-bond acceptors (Lipinski definition) is 5. The van der Waals surface area contributed by atoms with E-state index in [1.807, 2.05) is 0 Å². The zero-order valence-electron chi connectivity index (χ0n) is 12.0. The quantitative estimate of drug-likeness (QED) is 0.764. The van der Waals surface area contributed by atoms with Crippen molar-refractivity contribution in [2.45, 2.75) is 45.3 Å². The van der Waals surface area contributed by atoms with Crippen LogP contribution in [0.3, 0.4) is 0 Å². The van der Waals surface area contributed by atoms with Crippen molar-refractivity contribution < 1.29 is 24.2 Å². The molecule has 0 radical (unpaired) electrons. The summed E-state index contributed by atoms with van der Waals surface area (Å²) in [5, 5.41) is 9.78. The largest absolute Gasteiger partial charge is 0.469 e. The lowest BCUT2D eigenvalue weighted by Crippen LogP contribution is -2.48. The number of hydrogen-bond donors (Lipinski definition) is 1. The predicted octanol–water partition coefficient (Wildman–Crippen LogP) is 1.17. The number of carbonyl (C=O) groups is 2. The molecule has 6 nitrogen and oxygen atoms in total. The molecule has 6 heteroatoms. The van der Waals surface area contributed by atoms with Crippen LogP contribution in [0.2, 0.25) is 0 Å². The first-order valence-electron chi connectivity index (χ1n) is 6.44. The smallest absolute Gasteiger partial charge is 0.410 e. The third kappa shape index (κ3) is 5.46. The Hall–Kier alpha value is -1.30. The van der Waals surface area contributed by atoms with Gasteiger partial charge in [0.05, 0.1) is 19.6 Å². The molecule has 1 saturated heterocycles. The molecule has 1 N–H and O–H groups in total. The number of β-amino-alcohol motifs (C(OH)–C–C–N with tert-alkyl or cyclic N) is 1. The van der Waals surface area contributed by atoms with E-state index in [1.54, 1.807) is 20.8 Å². The summed E-state index contributed by atoms with van der Waals surface area (Å²) in [6, 6.07) is 0. The van der Waals surface area contributed by atoms with Gasteiger partial charge in [-0.1, -0.05) is 0 Å². The van der Waals surface area contributed by atoms with Crippen LogP contribution in [0.15, 0.2) is 0 Å². The second-order valence-corrected chi connectivity index (χ2v) is 5.92. The van der Waals surface area contributed by atoms with Crippen LogP contribution in [0, 0.1) is 5.92 Å². The van der Waals surface area contributed by atoms with Crippen LogP contribution in [-0.2, 0) is 14.3 Å². The number of amides is 1. The number of aliphatic hydroxyl groups excluding tert-OH is 1. The van der Waals surface area contributed by atoms with E-state index in [4.69, 9.17) is 4.74 Å². The van der Waals surface area contributed by atoms with E-state index in [0.29, 0.717) is 13.0 Å². The minimum Gasteiger partial charge on any atom is -0.469 e. The molecule has 110 valence electrons. The Morgan fingerprint density at radius 3 is 2.47 bits per heavy atom. The molecule has 0 spiro atoms. The molecule has 0 bridgehead atoms. The monoisotopic (exact) mass is 273 g/mol. The fraction of sp³-hybridized carbons (Fsp3) is 0.846. The number of nitrogens with zero attached hydrogens (tertiary/aromatic N) is 1. The molecule has 0 aromatic heterocycles. The highest BCUT2D eigenvalue weighted by Crippen LogP contribution is 2.22. The highest BCUT2D eigenvalue weighted by Gasteiger charge is 2.32. The lowest BCUT2D eigenvalue weighted by atomic mass is 9.93. The zero-order valence-corrected chi connectivity index (χ0v) is 12.0. The van der Waals surface area contributed by atoms with Gasteiger partial charge in [0, 0.05) is 13.1 Å². The van der Waals surface area contributed by atoms with E-state index in [0.717, 1.165) is 0 Å². The van der Waals surface area contributed by atoms with E-state index >= 15 is 0 Å². The first kappa shape index (κ1) is 15.8. The highest BCUT2D eigenvalue weighted by atomic mass is 16.6. The second-order valence-electron chi connectivity index (χ2n) is 5.92. The molecular formula is C13H23NO5. The Morgan fingerprint density at radius 1 is 1.32 bits per heavy atom. The standard InChI is InChI=1S/C13H23NO5/c1-13(2,3)19-12(17)14-7-9(5-10(15)8-14)6-11(16)18-4/h9-10,15H,5-8H2,1-4H3. The van der Waals surface area contributed by atoms with E-state index < -0.39 is 17.8 Å². The second kappa shape index (κ2) is 6.23. The summed E-state index contributed by atoms with van der Waals surface area (Å²) in [7, 11) is 1.33. The van der Waals surface area contributed by atoms with Crippen molar-refractivity contribution in [3.63, 3.8) is 0 Å². The van der Waals surface area contributed by atoms with Crippen LogP contribution < -0.4 is 0 Å². The molecule has 1 aliphatic rings. The molecule has 0 aromatic rings. The summed E-state index contributed by atoms with van der Waals surface area (Å²) in [6.07, 6.45) is -0.390. The predicted molar refractivity (Wildman–Crippen MR) is 68.6 cm³/mol. The van der Waals surface area contributed by atoms with Crippen LogP contribution in [0.5, 0.6) is 0 Å². The number of carbonyl (C=O) groups excluding carboxylic acids is 2. The number of rotatable bonds is 2. The van der Waals surface area contributed by atoms with Crippen molar-refractivity contribution in [1.82, 2.24) is 4.90 Å². The summed E-state index contributed by atoms with van der Waals surface area (Å²) in [5.41, 5.74) is -0.572. The van der Waals surface area contributed by atoms with Crippen molar-refractivity contribution in [2.24, 2.45) is 5.92 Å². The van der Waals surface area contributed by atoms with E-state index in [2.05, 4.69) is 4.74 Å². The van der Waals surface area contributed by atoms with Gasteiger partial charge in [0.15, 0.2) is 0 Å². The summed E-state index contributed by atoms with van der Waals surface area (Å²) >= 11 is 0. The molecule has 1 aliphatic heterocycles. The molecular weight excluding hydrogens is 250 g/mol. The average molecular weight is 273 g/mol. The number of ether oxygens (including phenoxy) is 2. The van der Waals surface area contributed by atoms with E-state index in [9.17, 15) is 14.7 Å². The number of likely N-dealkylation sites (tertiary alicyclic amines) is 1. The fourth-order valence-electron chi connectivity index (χ4n) is 2.12. The van der Waals surface area contributed by atoms with Gasteiger partial charge in [0.2, 0.25) is 0 Å². The molecule has 1 rings (SSSR count). The van der Waals surface area contributed by atoms with E-state index in [1.165, 1.54) is 12.0 Å². The minimum absolute atomic E-state index is 0.0938. The number of aliphatic hydroxyl groups is 1. The normalized spacial score (nSPS) is 23.9. The van der Waals surface area contributed by atoms with Crippen LogP contribution >= 0.6 is 0 Å². The van der Waals surface area contributed by atoms with Gasteiger partial charge in [-0.15, -0.1) is 0 Å². The van der Waals surface area contributed by atoms with Gasteiger partial charge in [-0.05, 0) is 33.1 Å².